The summed E-state index contributed by atoms with van der Waals surface area (Å²) in [5, 5.41) is 3.29. The summed E-state index contributed by atoms with van der Waals surface area (Å²) in [5.41, 5.74) is 1.60. The second-order valence-corrected chi connectivity index (χ2v) is 12.7. The quantitative estimate of drug-likeness (QED) is 0.311. The lowest BCUT2D eigenvalue weighted by Crippen LogP contribution is -2.54. The van der Waals surface area contributed by atoms with E-state index in [2.05, 4.69) is 5.32 Å². The summed E-state index contributed by atoms with van der Waals surface area (Å²) < 4.78 is 45.7. The third-order valence-corrected chi connectivity index (χ3v) is 8.78. The predicted molar refractivity (Wildman–Crippen MR) is 161 cm³/mol. The minimum Gasteiger partial charge on any atom is -0.495 e. The van der Waals surface area contributed by atoms with E-state index >= 15 is 0 Å². The first-order valence-corrected chi connectivity index (χ1v) is 16.0. The van der Waals surface area contributed by atoms with Crippen molar-refractivity contribution >= 4 is 39.1 Å². The highest BCUT2D eigenvalue weighted by molar-refractivity contribution is 7.92. The maximum absolute atomic E-state index is 14.1. The van der Waals surface area contributed by atoms with E-state index in [1.54, 1.807) is 12.1 Å². The van der Waals surface area contributed by atoms with Crippen LogP contribution in [0.5, 0.6) is 5.75 Å². The molecular weight excluding hydrogens is 581 g/mol. The molecule has 3 aromatic rings. The molecule has 0 unspecified atom stereocenters. The molecule has 3 aromatic carbocycles. The number of benzene rings is 3. The minimum absolute atomic E-state index is 0.00695. The third-order valence-electron chi connectivity index (χ3n) is 7.34. The van der Waals surface area contributed by atoms with E-state index < -0.39 is 34.3 Å². The fourth-order valence-electron chi connectivity index (χ4n) is 5.13. The summed E-state index contributed by atoms with van der Waals surface area (Å²) >= 11 is 6.28. The van der Waals surface area contributed by atoms with Crippen LogP contribution in [-0.4, -0.2) is 57.1 Å². The molecule has 11 heteroatoms. The molecule has 0 aromatic heterocycles. The van der Waals surface area contributed by atoms with Crippen LogP contribution < -0.4 is 14.4 Å². The predicted octanol–water partition coefficient (Wildman–Crippen LogP) is 4.95. The van der Waals surface area contributed by atoms with Crippen LogP contribution in [0, 0.1) is 5.82 Å². The van der Waals surface area contributed by atoms with E-state index in [1.165, 1.54) is 42.3 Å². The number of ether oxygens (including phenoxy) is 1. The molecule has 0 spiro atoms. The molecule has 224 valence electrons. The monoisotopic (exact) mass is 615 g/mol. The molecule has 4 rings (SSSR count). The van der Waals surface area contributed by atoms with Gasteiger partial charge in [0.25, 0.3) is 0 Å². The van der Waals surface area contributed by atoms with Gasteiger partial charge in [-0.1, -0.05) is 66.9 Å². The van der Waals surface area contributed by atoms with Gasteiger partial charge >= 0.3 is 0 Å². The zero-order valence-corrected chi connectivity index (χ0v) is 25.2. The van der Waals surface area contributed by atoms with E-state index in [0.717, 1.165) is 41.8 Å². The van der Waals surface area contributed by atoms with Crippen molar-refractivity contribution in [3.05, 3.63) is 94.8 Å². The Balaban J connectivity index is 1.72. The van der Waals surface area contributed by atoms with Crippen LogP contribution in [0.3, 0.4) is 0 Å². The molecule has 0 bridgehead atoms. The van der Waals surface area contributed by atoms with Gasteiger partial charge in [-0.2, -0.15) is 0 Å². The Morgan fingerprint density at radius 3 is 2.29 bits per heavy atom. The zero-order valence-electron chi connectivity index (χ0n) is 23.6. The summed E-state index contributed by atoms with van der Waals surface area (Å²) in [6, 6.07) is 18.4. The van der Waals surface area contributed by atoms with Crippen LogP contribution in [0.25, 0.3) is 0 Å². The SMILES string of the molecule is COc1ccc(N(CC(=O)N(Cc2ccc(F)cc2)[C@H](Cc2ccccc2)C(=O)NC2CCCC2)S(C)(=O)=O)cc1Cl. The van der Waals surface area contributed by atoms with Crippen molar-refractivity contribution in [1.29, 1.82) is 0 Å². The first-order chi connectivity index (χ1) is 20.0. The van der Waals surface area contributed by atoms with E-state index in [-0.39, 0.29) is 35.6 Å². The molecule has 42 heavy (non-hydrogen) atoms. The molecule has 1 aliphatic carbocycles. The maximum atomic E-state index is 14.1. The van der Waals surface area contributed by atoms with Gasteiger partial charge in [-0.15, -0.1) is 0 Å². The Morgan fingerprint density at radius 2 is 1.69 bits per heavy atom. The van der Waals surface area contributed by atoms with E-state index in [9.17, 15) is 22.4 Å². The number of amides is 2. The summed E-state index contributed by atoms with van der Waals surface area (Å²) in [7, 11) is -2.51. The molecule has 1 aliphatic rings. The van der Waals surface area contributed by atoms with Crippen LogP contribution in [0.2, 0.25) is 5.02 Å². The van der Waals surface area contributed by atoms with Crippen molar-refractivity contribution in [2.45, 2.75) is 50.7 Å². The number of sulfonamides is 1. The molecule has 1 N–H and O–H groups in total. The molecule has 8 nitrogen and oxygen atoms in total. The van der Waals surface area contributed by atoms with Crippen molar-refractivity contribution in [1.82, 2.24) is 10.2 Å². The van der Waals surface area contributed by atoms with Gasteiger partial charge in [0.2, 0.25) is 21.8 Å². The molecule has 1 saturated carbocycles. The molecule has 1 fully saturated rings. The van der Waals surface area contributed by atoms with Gasteiger partial charge in [0, 0.05) is 19.0 Å². The minimum atomic E-state index is -3.95. The number of anilines is 1. The van der Waals surface area contributed by atoms with Gasteiger partial charge in [0.15, 0.2) is 0 Å². The van der Waals surface area contributed by atoms with Gasteiger partial charge in [-0.25, -0.2) is 12.8 Å². The summed E-state index contributed by atoms with van der Waals surface area (Å²) in [5.74, 6) is -1.00. The standard InChI is InChI=1S/C31H35ClFN3O5S/c1-41-29-17-16-26(19-27(29)32)36(42(2,39)40)21-30(37)35(20-23-12-14-24(33)15-13-23)28(18-22-8-4-3-5-9-22)31(38)34-25-10-6-7-11-25/h3-5,8-9,12-17,19,25,28H,6-7,10-11,18,20-21H2,1-2H3,(H,34,38)/t28-/m1/s1. The largest absolute Gasteiger partial charge is 0.495 e. The number of hydrogen-bond acceptors (Lipinski definition) is 5. The number of carbonyl (C=O) groups excluding carboxylic acids is 2. The number of methoxy groups -OCH3 is 1. The molecule has 0 saturated heterocycles. The number of nitrogens with one attached hydrogen (secondary N) is 1. The van der Waals surface area contributed by atoms with Crippen LogP contribution in [0.4, 0.5) is 10.1 Å². The Bertz CT molecular complexity index is 1480. The molecule has 0 aliphatic heterocycles. The second-order valence-electron chi connectivity index (χ2n) is 10.4. The number of halogens is 2. The Hall–Kier alpha value is -3.63. The lowest BCUT2D eigenvalue weighted by molar-refractivity contribution is -0.140. The topological polar surface area (TPSA) is 96.0 Å². The third kappa shape index (κ3) is 8.23. The Morgan fingerprint density at radius 1 is 1.02 bits per heavy atom. The molecule has 2 amide bonds. The van der Waals surface area contributed by atoms with Crippen LogP contribution in [-0.2, 0) is 32.6 Å². The zero-order chi connectivity index (χ0) is 30.3. The highest BCUT2D eigenvalue weighted by atomic mass is 35.5. The highest BCUT2D eigenvalue weighted by Gasteiger charge is 2.34. The molecule has 1 atom stereocenters. The normalized spacial score (nSPS) is 14.3. The number of rotatable bonds is 12. The first kappa shape index (κ1) is 31.3. The highest BCUT2D eigenvalue weighted by Crippen LogP contribution is 2.30. The van der Waals surface area contributed by atoms with Gasteiger partial charge in [-0.05, 0) is 54.3 Å². The van der Waals surface area contributed by atoms with Crippen LogP contribution in [0.15, 0.2) is 72.8 Å². The van der Waals surface area contributed by atoms with Crippen LogP contribution >= 0.6 is 11.6 Å². The molecule has 0 heterocycles. The van der Waals surface area contributed by atoms with Crippen molar-refractivity contribution in [2.24, 2.45) is 0 Å². The van der Waals surface area contributed by atoms with Gasteiger partial charge in [-0.3, -0.25) is 13.9 Å². The van der Waals surface area contributed by atoms with Crippen LogP contribution in [0.1, 0.15) is 36.8 Å². The van der Waals surface area contributed by atoms with Crippen molar-refractivity contribution in [2.75, 3.05) is 24.2 Å². The summed E-state index contributed by atoms with van der Waals surface area (Å²) in [6.07, 6.45) is 4.95. The summed E-state index contributed by atoms with van der Waals surface area (Å²) in [4.78, 5) is 29.4. The van der Waals surface area contributed by atoms with E-state index in [0.29, 0.717) is 11.3 Å². The van der Waals surface area contributed by atoms with E-state index in [1.807, 2.05) is 30.3 Å². The smallest absolute Gasteiger partial charge is 0.244 e. The van der Waals surface area contributed by atoms with Gasteiger partial charge in [0.05, 0.1) is 24.1 Å². The lowest BCUT2D eigenvalue weighted by atomic mass is 10.0. The fraction of sp³-hybridized carbons (Fsp3) is 0.355. The fourth-order valence-corrected chi connectivity index (χ4v) is 6.23. The first-order valence-electron chi connectivity index (χ1n) is 13.7. The molecule has 0 radical (unpaired) electrons. The van der Waals surface area contributed by atoms with E-state index in [4.69, 9.17) is 16.3 Å². The van der Waals surface area contributed by atoms with Crippen molar-refractivity contribution < 1.29 is 27.1 Å². The Labute approximate surface area is 251 Å². The molecular formula is C31H35ClFN3O5S. The van der Waals surface area contributed by atoms with Crippen molar-refractivity contribution in [3.63, 3.8) is 0 Å². The lowest BCUT2D eigenvalue weighted by Gasteiger charge is -2.34. The summed E-state index contributed by atoms with van der Waals surface area (Å²) in [6.45, 7) is -0.611. The Kier molecular flexibility index (Phi) is 10.5. The second kappa shape index (κ2) is 14.0. The maximum Gasteiger partial charge on any atom is 0.244 e. The average molecular weight is 616 g/mol. The number of nitrogens with zero attached hydrogens (tertiary/aromatic N) is 2. The number of hydrogen-bond donors (Lipinski definition) is 1. The average Bonchev–Trinajstić information content (AvgIpc) is 3.47. The van der Waals surface area contributed by atoms with Gasteiger partial charge < -0.3 is 15.0 Å². The number of carbonyl (C=O) groups is 2. The van der Waals surface area contributed by atoms with Gasteiger partial charge in [0.1, 0.15) is 24.2 Å². The van der Waals surface area contributed by atoms with Crippen molar-refractivity contribution in [3.8, 4) is 5.75 Å².